The van der Waals surface area contributed by atoms with Gasteiger partial charge < -0.3 is 4.90 Å². The fourth-order valence-corrected chi connectivity index (χ4v) is 1.61. The number of nitrogens with zero attached hydrogens (tertiary/aromatic N) is 1. The van der Waals surface area contributed by atoms with Gasteiger partial charge in [-0.1, -0.05) is 19.9 Å². The molecule has 11 heavy (non-hydrogen) atoms. The monoisotopic (exact) mass is 157 g/mol. The Kier molecular flexibility index (Phi) is 2.92. The molecule has 0 bridgehead atoms. The Morgan fingerprint density at radius 3 is 2.91 bits per heavy atom. The molecule has 2 aliphatic rings. The minimum atomic E-state index is -0.587. The van der Waals surface area contributed by atoms with Crippen molar-refractivity contribution < 1.29 is 4.39 Å². The highest BCUT2D eigenvalue weighted by atomic mass is 19.1. The highest BCUT2D eigenvalue weighted by Crippen LogP contribution is 2.27. The largest absolute Gasteiger partial charge is 0.372 e. The Labute approximate surface area is 67.9 Å². The van der Waals surface area contributed by atoms with Gasteiger partial charge in [0.15, 0.2) is 0 Å². The van der Waals surface area contributed by atoms with Gasteiger partial charge in [0.2, 0.25) is 0 Å². The smallest absolute Gasteiger partial charge is 0.123 e. The van der Waals surface area contributed by atoms with Gasteiger partial charge in [0.1, 0.15) is 6.17 Å². The van der Waals surface area contributed by atoms with E-state index < -0.39 is 6.17 Å². The number of rotatable bonds is 0. The van der Waals surface area contributed by atoms with E-state index in [0.29, 0.717) is 13.0 Å². The molecule has 64 valence electrons. The average Bonchev–Trinajstić information content (AvgIpc) is 2.51. The molecule has 0 unspecified atom stereocenters. The summed E-state index contributed by atoms with van der Waals surface area (Å²) in [4.78, 5) is 2.14. The zero-order chi connectivity index (χ0) is 8.27. The van der Waals surface area contributed by atoms with Gasteiger partial charge in [-0.15, -0.1) is 0 Å². The molecule has 0 aromatic carbocycles. The maximum Gasteiger partial charge on any atom is 0.123 e. The van der Waals surface area contributed by atoms with E-state index in [0.717, 1.165) is 13.0 Å². The predicted octanol–water partition coefficient (Wildman–Crippen LogP) is 2.34. The molecule has 2 heteroatoms. The third-order valence-electron chi connectivity index (χ3n) is 2.03. The lowest BCUT2D eigenvalue weighted by Crippen LogP contribution is -2.16. The van der Waals surface area contributed by atoms with E-state index in [4.69, 9.17) is 0 Å². The normalized spacial score (nSPS) is 27.4. The maximum absolute atomic E-state index is 12.6. The van der Waals surface area contributed by atoms with E-state index in [9.17, 15) is 4.39 Å². The molecule has 2 aliphatic heterocycles. The Hall–Kier alpha value is -0.530. The van der Waals surface area contributed by atoms with Crippen LogP contribution in [-0.2, 0) is 0 Å². The van der Waals surface area contributed by atoms with Crippen molar-refractivity contribution in [3.8, 4) is 0 Å². The van der Waals surface area contributed by atoms with Crippen LogP contribution < -0.4 is 0 Å². The SMILES string of the molecule is CC.F[C@@H]1CC2=CCCN2C1. The van der Waals surface area contributed by atoms with Gasteiger partial charge in [-0.25, -0.2) is 4.39 Å². The molecule has 0 amide bonds. The average molecular weight is 157 g/mol. The molecule has 0 aliphatic carbocycles. The van der Waals surface area contributed by atoms with Crippen LogP contribution in [0.1, 0.15) is 26.7 Å². The number of allylic oxidation sites excluding steroid dienone is 1. The van der Waals surface area contributed by atoms with Gasteiger partial charge in [-0.2, -0.15) is 0 Å². The molecule has 0 radical (unpaired) electrons. The minimum absolute atomic E-state index is 0.587. The van der Waals surface area contributed by atoms with Crippen molar-refractivity contribution in [2.24, 2.45) is 0 Å². The molecule has 1 atom stereocenters. The molecule has 2 heterocycles. The Morgan fingerprint density at radius 2 is 2.27 bits per heavy atom. The molecule has 1 nitrogen and oxygen atoms in total. The van der Waals surface area contributed by atoms with Crippen LogP contribution in [0.25, 0.3) is 0 Å². The highest BCUT2D eigenvalue weighted by Gasteiger charge is 2.27. The minimum Gasteiger partial charge on any atom is -0.372 e. The number of fused-ring (bicyclic) bond motifs is 1. The lowest BCUT2D eigenvalue weighted by atomic mass is 10.3. The second-order valence-electron chi connectivity index (χ2n) is 2.73. The summed E-state index contributed by atoms with van der Waals surface area (Å²) >= 11 is 0. The van der Waals surface area contributed by atoms with E-state index in [1.165, 1.54) is 5.70 Å². The van der Waals surface area contributed by atoms with Crippen molar-refractivity contribution in [2.75, 3.05) is 13.1 Å². The van der Waals surface area contributed by atoms with Crippen LogP contribution in [0.4, 0.5) is 4.39 Å². The van der Waals surface area contributed by atoms with Crippen LogP contribution in [0, 0.1) is 0 Å². The topological polar surface area (TPSA) is 3.24 Å². The van der Waals surface area contributed by atoms with Crippen molar-refractivity contribution >= 4 is 0 Å². The quantitative estimate of drug-likeness (QED) is 0.521. The van der Waals surface area contributed by atoms with Crippen LogP contribution >= 0.6 is 0 Å². The lowest BCUT2D eigenvalue weighted by Gasteiger charge is -2.11. The van der Waals surface area contributed by atoms with Crippen LogP contribution in [0.2, 0.25) is 0 Å². The molecule has 1 fully saturated rings. The van der Waals surface area contributed by atoms with Gasteiger partial charge in [0, 0.05) is 25.2 Å². The van der Waals surface area contributed by atoms with Crippen molar-refractivity contribution in [1.29, 1.82) is 0 Å². The molecule has 2 rings (SSSR count). The van der Waals surface area contributed by atoms with E-state index in [1.54, 1.807) is 0 Å². The summed E-state index contributed by atoms with van der Waals surface area (Å²) in [6, 6.07) is 0. The molecular formula is C9H16FN. The first-order chi connectivity index (χ1) is 5.36. The van der Waals surface area contributed by atoms with E-state index in [2.05, 4.69) is 11.0 Å². The Balaban J connectivity index is 0.000000281. The van der Waals surface area contributed by atoms with Gasteiger partial charge in [0.25, 0.3) is 0 Å². The third-order valence-corrected chi connectivity index (χ3v) is 2.03. The summed E-state index contributed by atoms with van der Waals surface area (Å²) in [5.74, 6) is 0. The summed E-state index contributed by atoms with van der Waals surface area (Å²) < 4.78 is 12.6. The number of halogens is 1. The van der Waals surface area contributed by atoms with Crippen molar-refractivity contribution in [2.45, 2.75) is 32.9 Å². The summed E-state index contributed by atoms with van der Waals surface area (Å²) in [6.45, 7) is 5.70. The second-order valence-corrected chi connectivity index (χ2v) is 2.73. The standard InChI is InChI=1S/C7H10FN.C2H6/c8-6-4-7-2-1-3-9(7)5-6;1-2/h2,6H,1,3-5H2;1-2H3/t6-;/m1./s1. The summed E-state index contributed by atoms with van der Waals surface area (Å²) in [5, 5.41) is 0. The predicted molar refractivity (Wildman–Crippen MR) is 45.1 cm³/mol. The van der Waals surface area contributed by atoms with Crippen molar-refractivity contribution in [1.82, 2.24) is 4.90 Å². The number of hydrogen-bond donors (Lipinski definition) is 0. The van der Waals surface area contributed by atoms with E-state index in [-0.39, 0.29) is 0 Å². The fraction of sp³-hybridized carbons (Fsp3) is 0.778. The van der Waals surface area contributed by atoms with Gasteiger partial charge in [0.05, 0.1) is 0 Å². The van der Waals surface area contributed by atoms with Crippen LogP contribution in [-0.4, -0.2) is 24.2 Å². The number of alkyl halides is 1. The van der Waals surface area contributed by atoms with Gasteiger partial charge in [-0.3, -0.25) is 0 Å². The zero-order valence-electron chi connectivity index (χ0n) is 7.31. The van der Waals surface area contributed by atoms with Crippen LogP contribution in [0.3, 0.4) is 0 Å². The Bertz CT molecular complexity index is 154. The summed E-state index contributed by atoms with van der Waals surface area (Å²) in [6.07, 6.45) is 3.36. The first-order valence-electron chi connectivity index (χ1n) is 4.44. The van der Waals surface area contributed by atoms with E-state index in [1.807, 2.05) is 13.8 Å². The maximum atomic E-state index is 12.6. The molecule has 0 spiro atoms. The molecule has 0 N–H and O–H groups in total. The molecule has 0 aromatic heterocycles. The lowest BCUT2D eigenvalue weighted by molar-refractivity contribution is 0.308. The zero-order valence-corrected chi connectivity index (χ0v) is 7.31. The van der Waals surface area contributed by atoms with Crippen LogP contribution in [0.15, 0.2) is 11.8 Å². The van der Waals surface area contributed by atoms with Gasteiger partial charge >= 0.3 is 0 Å². The second kappa shape index (κ2) is 3.74. The van der Waals surface area contributed by atoms with Crippen molar-refractivity contribution in [3.63, 3.8) is 0 Å². The highest BCUT2D eigenvalue weighted by molar-refractivity contribution is 5.13. The van der Waals surface area contributed by atoms with Gasteiger partial charge in [-0.05, 0) is 6.42 Å². The van der Waals surface area contributed by atoms with Crippen LogP contribution in [0.5, 0.6) is 0 Å². The number of hydrogen-bond acceptors (Lipinski definition) is 1. The molecular weight excluding hydrogens is 141 g/mol. The molecule has 1 saturated heterocycles. The summed E-state index contributed by atoms with van der Waals surface area (Å²) in [7, 11) is 0. The Morgan fingerprint density at radius 1 is 1.55 bits per heavy atom. The van der Waals surface area contributed by atoms with E-state index >= 15 is 0 Å². The molecule has 0 saturated carbocycles. The van der Waals surface area contributed by atoms with Crippen molar-refractivity contribution in [3.05, 3.63) is 11.8 Å². The first kappa shape index (κ1) is 8.57. The summed E-state index contributed by atoms with van der Waals surface area (Å²) in [5.41, 5.74) is 1.24. The first-order valence-corrected chi connectivity index (χ1v) is 4.44. The fourth-order valence-electron chi connectivity index (χ4n) is 1.61. The third kappa shape index (κ3) is 1.73. The molecule has 0 aromatic rings.